The van der Waals surface area contributed by atoms with E-state index < -0.39 is 6.10 Å². The van der Waals surface area contributed by atoms with Crippen molar-refractivity contribution in [2.45, 2.75) is 59.7 Å². The molecule has 0 radical (unpaired) electrons. The van der Waals surface area contributed by atoms with E-state index in [4.69, 9.17) is 9.47 Å². The standard InChI is InChI=1S/C22H29NO3/c1-14(2)20-11-10-16(5)12-21(20)26-17(6)22(24)23-18-8-7-9-19(13-18)25-15(3)4/h7-15,17H,1-6H3,(H,23,24)/t17-/m0/s1. The van der Waals surface area contributed by atoms with Crippen LogP contribution in [0.25, 0.3) is 0 Å². The van der Waals surface area contributed by atoms with Crippen molar-refractivity contribution in [2.75, 3.05) is 5.32 Å². The Labute approximate surface area is 156 Å². The number of amides is 1. The molecule has 0 bridgehead atoms. The van der Waals surface area contributed by atoms with Crippen LogP contribution in [0.5, 0.6) is 11.5 Å². The van der Waals surface area contributed by atoms with E-state index in [0.29, 0.717) is 11.6 Å². The van der Waals surface area contributed by atoms with Crippen LogP contribution in [0, 0.1) is 6.92 Å². The normalized spacial score (nSPS) is 12.2. The summed E-state index contributed by atoms with van der Waals surface area (Å²) >= 11 is 0. The monoisotopic (exact) mass is 355 g/mol. The van der Waals surface area contributed by atoms with E-state index in [1.54, 1.807) is 6.92 Å². The maximum atomic E-state index is 12.5. The van der Waals surface area contributed by atoms with Gasteiger partial charge in [-0.15, -0.1) is 0 Å². The fraction of sp³-hybridized carbons (Fsp3) is 0.409. The number of nitrogens with one attached hydrogen (secondary N) is 1. The van der Waals surface area contributed by atoms with Crippen LogP contribution in [-0.4, -0.2) is 18.1 Å². The Morgan fingerprint density at radius 3 is 2.35 bits per heavy atom. The van der Waals surface area contributed by atoms with Gasteiger partial charge in [0, 0.05) is 11.8 Å². The Kier molecular flexibility index (Phi) is 6.67. The third-order valence-electron chi connectivity index (χ3n) is 3.94. The molecule has 1 amide bonds. The molecule has 2 aromatic rings. The van der Waals surface area contributed by atoms with Crippen molar-refractivity contribution < 1.29 is 14.3 Å². The van der Waals surface area contributed by atoms with Gasteiger partial charge in [0.25, 0.3) is 5.91 Å². The van der Waals surface area contributed by atoms with E-state index in [1.807, 2.05) is 51.1 Å². The summed E-state index contributed by atoms with van der Waals surface area (Å²) in [7, 11) is 0. The first kappa shape index (κ1) is 19.8. The topological polar surface area (TPSA) is 47.6 Å². The number of carbonyl (C=O) groups excluding carboxylic acids is 1. The maximum Gasteiger partial charge on any atom is 0.265 e. The first-order valence-corrected chi connectivity index (χ1v) is 9.11. The van der Waals surface area contributed by atoms with E-state index >= 15 is 0 Å². The zero-order valence-corrected chi connectivity index (χ0v) is 16.5. The van der Waals surface area contributed by atoms with Gasteiger partial charge in [0.2, 0.25) is 0 Å². The average molecular weight is 355 g/mol. The molecule has 0 aliphatic carbocycles. The number of benzene rings is 2. The molecule has 140 valence electrons. The van der Waals surface area contributed by atoms with Crippen molar-refractivity contribution in [3.8, 4) is 11.5 Å². The molecule has 0 saturated carbocycles. The van der Waals surface area contributed by atoms with E-state index in [9.17, 15) is 4.79 Å². The fourth-order valence-corrected chi connectivity index (χ4v) is 2.63. The van der Waals surface area contributed by atoms with Gasteiger partial charge in [-0.1, -0.05) is 32.0 Å². The number of ether oxygens (including phenoxy) is 2. The predicted molar refractivity (Wildman–Crippen MR) is 106 cm³/mol. The van der Waals surface area contributed by atoms with Crippen molar-refractivity contribution in [2.24, 2.45) is 0 Å². The summed E-state index contributed by atoms with van der Waals surface area (Å²) in [5.41, 5.74) is 2.90. The van der Waals surface area contributed by atoms with Gasteiger partial charge in [0.05, 0.1) is 6.10 Å². The summed E-state index contributed by atoms with van der Waals surface area (Å²) in [5, 5.41) is 2.89. The summed E-state index contributed by atoms with van der Waals surface area (Å²) in [6.07, 6.45) is -0.525. The lowest BCUT2D eigenvalue weighted by molar-refractivity contribution is -0.122. The van der Waals surface area contributed by atoms with E-state index in [1.165, 1.54) is 0 Å². The lowest BCUT2D eigenvalue weighted by atomic mass is 10.0. The fourth-order valence-electron chi connectivity index (χ4n) is 2.63. The zero-order valence-electron chi connectivity index (χ0n) is 16.5. The molecule has 0 unspecified atom stereocenters. The summed E-state index contributed by atoms with van der Waals surface area (Å²) in [4.78, 5) is 12.5. The molecular weight excluding hydrogens is 326 g/mol. The molecule has 4 nitrogen and oxygen atoms in total. The highest BCUT2D eigenvalue weighted by Crippen LogP contribution is 2.28. The van der Waals surface area contributed by atoms with Crippen LogP contribution in [0.15, 0.2) is 42.5 Å². The van der Waals surface area contributed by atoms with E-state index in [2.05, 4.69) is 31.3 Å². The second-order valence-corrected chi connectivity index (χ2v) is 7.14. The van der Waals surface area contributed by atoms with E-state index in [-0.39, 0.29) is 12.0 Å². The van der Waals surface area contributed by atoms with Crippen molar-refractivity contribution in [3.05, 3.63) is 53.6 Å². The Morgan fingerprint density at radius 2 is 1.69 bits per heavy atom. The molecule has 2 rings (SSSR count). The molecule has 0 heterocycles. The van der Waals surface area contributed by atoms with Gasteiger partial charge in [0.1, 0.15) is 11.5 Å². The van der Waals surface area contributed by atoms with Gasteiger partial charge in [-0.2, -0.15) is 0 Å². The van der Waals surface area contributed by atoms with Crippen LogP contribution >= 0.6 is 0 Å². The van der Waals surface area contributed by atoms with Gasteiger partial charge >= 0.3 is 0 Å². The quantitative estimate of drug-likeness (QED) is 0.732. The number of aryl methyl sites for hydroxylation is 1. The molecule has 0 fully saturated rings. The van der Waals surface area contributed by atoms with E-state index in [0.717, 1.165) is 22.6 Å². The Bertz CT molecular complexity index is 753. The van der Waals surface area contributed by atoms with Gasteiger partial charge < -0.3 is 14.8 Å². The van der Waals surface area contributed by atoms with Crippen LogP contribution in [-0.2, 0) is 4.79 Å². The highest BCUT2D eigenvalue weighted by Gasteiger charge is 2.18. The third-order valence-corrected chi connectivity index (χ3v) is 3.94. The molecule has 1 atom stereocenters. The molecule has 1 N–H and O–H groups in total. The minimum atomic E-state index is -0.607. The maximum absolute atomic E-state index is 12.5. The van der Waals surface area contributed by atoms with Crippen molar-refractivity contribution >= 4 is 11.6 Å². The zero-order chi connectivity index (χ0) is 19.3. The first-order chi connectivity index (χ1) is 12.3. The molecule has 0 aliphatic heterocycles. The lowest BCUT2D eigenvalue weighted by Crippen LogP contribution is -2.30. The Balaban J connectivity index is 2.08. The average Bonchev–Trinajstić information content (AvgIpc) is 2.54. The third kappa shape index (κ3) is 5.51. The number of hydrogen-bond acceptors (Lipinski definition) is 3. The Morgan fingerprint density at radius 1 is 0.962 bits per heavy atom. The van der Waals surface area contributed by atoms with Crippen molar-refractivity contribution in [1.29, 1.82) is 0 Å². The molecule has 0 spiro atoms. The Hall–Kier alpha value is -2.49. The van der Waals surface area contributed by atoms with Gasteiger partial charge in [-0.05, 0) is 62.9 Å². The van der Waals surface area contributed by atoms with Crippen LogP contribution in [0.2, 0.25) is 0 Å². The minimum Gasteiger partial charge on any atom is -0.491 e. The number of hydrogen-bond donors (Lipinski definition) is 1. The van der Waals surface area contributed by atoms with Gasteiger partial charge in [0.15, 0.2) is 6.10 Å². The second-order valence-electron chi connectivity index (χ2n) is 7.14. The van der Waals surface area contributed by atoms with Crippen LogP contribution in [0.4, 0.5) is 5.69 Å². The predicted octanol–water partition coefficient (Wildman–Crippen LogP) is 5.31. The minimum absolute atomic E-state index is 0.0824. The van der Waals surface area contributed by atoms with Crippen LogP contribution in [0.3, 0.4) is 0 Å². The highest BCUT2D eigenvalue weighted by atomic mass is 16.5. The lowest BCUT2D eigenvalue weighted by Gasteiger charge is -2.19. The largest absolute Gasteiger partial charge is 0.491 e. The highest BCUT2D eigenvalue weighted by molar-refractivity contribution is 5.94. The SMILES string of the molecule is Cc1ccc(C(C)C)c(O[C@@H](C)C(=O)Nc2cccc(OC(C)C)c2)c1. The second kappa shape index (κ2) is 8.75. The molecule has 0 aliphatic rings. The molecule has 26 heavy (non-hydrogen) atoms. The number of carbonyl (C=O) groups is 1. The molecular formula is C22H29NO3. The molecule has 4 heteroatoms. The summed E-state index contributed by atoms with van der Waals surface area (Å²) in [6, 6.07) is 13.5. The summed E-state index contributed by atoms with van der Waals surface area (Å²) < 4.78 is 11.6. The number of anilines is 1. The summed E-state index contributed by atoms with van der Waals surface area (Å²) in [6.45, 7) is 11.9. The summed E-state index contributed by atoms with van der Waals surface area (Å²) in [5.74, 6) is 1.63. The van der Waals surface area contributed by atoms with Gasteiger partial charge in [-0.3, -0.25) is 4.79 Å². The van der Waals surface area contributed by atoms with Gasteiger partial charge in [-0.25, -0.2) is 0 Å². The number of rotatable bonds is 7. The smallest absolute Gasteiger partial charge is 0.265 e. The van der Waals surface area contributed by atoms with Crippen molar-refractivity contribution in [1.82, 2.24) is 0 Å². The molecule has 2 aromatic carbocycles. The van der Waals surface area contributed by atoms with Crippen LogP contribution in [0.1, 0.15) is 51.7 Å². The molecule has 0 aromatic heterocycles. The van der Waals surface area contributed by atoms with Crippen LogP contribution < -0.4 is 14.8 Å². The molecule has 0 saturated heterocycles. The first-order valence-electron chi connectivity index (χ1n) is 9.11. The van der Waals surface area contributed by atoms with Crippen molar-refractivity contribution in [3.63, 3.8) is 0 Å².